The molecule has 0 aromatic rings. The zero-order chi connectivity index (χ0) is 24.9. The van der Waals surface area contributed by atoms with Crippen LogP contribution < -0.4 is 10.6 Å². The molecule has 4 amide bonds. The maximum atomic E-state index is 12.8. The summed E-state index contributed by atoms with van der Waals surface area (Å²) in [5.41, 5.74) is -0.361. The second-order valence-electron chi connectivity index (χ2n) is 9.66. The molecule has 0 bridgehead atoms. The standard InChI is InChI=1S/C23H34N8O2/c1-22(2)15-19(29-21(33)30(11-4-7-24)12-5-8-25)16-23(3,17-22)18-28-20(32)31(14-10-27)13-6-9-26/h19H,4-6,11-18H2,1-3H3,(H,28,32)(H,29,33). The second kappa shape index (κ2) is 13.1. The van der Waals surface area contributed by atoms with Gasteiger partial charge in [0.2, 0.25) is 0 Å². The molecular weight excluding hydrogens is 420 g/mol. The smallest absolute Gasteiger partial charge is 0.318 e. The van der Waals surface area contributed by atoms with Crippen LogP contribution in [-0.4, -0.2) is 60.6 Å². The van der Waals surface area contributed by atoms with Crippen molar-refractivity contribution in [3.05, 3.63) is 0 Å². The van der Waals surface area contributed by atoms with E-state index in [-0.39, 0.29) is 74.4 Å². The highest BCUT2D eigenvalue weighted by molar-refractivity contribution is 5.75. The van der Waals surface area contributed by atoms with Crippen LogP contribution >= 0.6 is 0 Å². The summed E-state index contributed by atoms with van der Waals surface area (Å²) in [6, 6.07) is 7.21. The number of amides is 4. The van der Waals surface area contributed by atoms with Gasteiger partial charge in [-0.05, 0) is 30.1 Å². The first kappa shape index (κ1) is 27.5. The van der Waals surface area contributed by atoms with Gasteiger partial charge >= 0.3 is 12.1 Å². The minimum Gasteiger partial charge on any atom is -0.337 e. The van der Waals surface area contributed by atoms with E-state index < -0.39 is 0 Å². The first-order valence-electron chi connectivity index (χ1n) is 11.2. The molecule has 1 rings (SSSR count). The molecule has 33 heavy (non-hydrogen) atoms. The zero-order valence-corrected chi connectivity index (χ0v) is 19.9. The van der Waals surface area contributed by atoms with Crippen molar-refractivity contribution in [2.45, 2.75) is 65.3 Å². The largest absolute Gasteiger partial charge is 0.337 e. The molecule has 0 saturated heterocycles. The number of hydrogen-bond donors (Lipinski definition) is 2. The van der Waals surface area contributed by atoms with Crippen LogP contribution in [0.4, 0.5) is 9.59 Å². The number of rotatable bonds is 10. The van der Waals surface area contributed by atoms with Crippen LogP contribution in [0.25, 0.3) is 0 Å². The van der Waals surface area contributed by atoms with Crippen molar-refractivity contribution >= 4 is 12.1 Å². The number of nitriles is 4. The fourth-order valence-electron chi connectivity index (χ4n) is 4.74. The first-order valence-corrected chi connectivity index (χ1v) is 11.2. The summed E-state index contributed by atoms with van der Waals surface area (Å²) in [5.74, 6) is 0. The Balaban J connectivity index is 2.83. The van der Waals surface area contributed by atoms with Crippen LogP contribution in [0.15, 0.2) is 0 Å². The highest BCUT2D eigenvalue weighted by Gasteiger charge is 2.42. The minimum atomic E-state index is -0.379. The maximum Gasteiger partial charge on any atom is 0.318 e. The number of nitrogens with zero attached hydrogens (tertiary/aromatic N) is 6. The molecule has 0 heterocycles. The highest BCUT2D eigenvalue weighted by Crippen LogP contribution is 2.45. The molecule has 0 aromatic heterocycles. The lowest BCUT2D eigenvalue weighted by Crippen LogP contribution is -2.54. The molecule has 10 heteroatoms. The van der Waals surface area contributed by atoms with Gasteiger partial charge in [0.1, 0.15) is 6.54 Å². The summed E-state index contributed by atoms with van der Waals surface area (Å²) in [6.07, 6.45) is 2.82. The Hall–Kier alpha value is -3.50. The van der Waals surface area contributed by atoms with E-state index in [4.69, 9.17) is 21.0 Å². The molecule has 1 aliphatic carbocycles. The summed E-state index contributed by atoms with van der Waals surface area (Å²) in [7, 11) is 0. The van der Waals surface area contributed by atoms with Crippen LogP contribution in [-0.2, 0) is 0 Å². The molecule has 0 radical (unpaired) electrons. The van der Waals surface area contributed by atoms with Crippen LogP contribution in [0.3, 0.4) is 0 Å². The molecule has 1 aliphatic rings. The van der Waals surface area contributed by atoms with Gasteiger partial charge in [0, 0.05) is 32.2 Å². The molecule has 1 saturated carbocycles. The van der Waals surface area contributed by atoms with Crippen molar-refractivity contribution in [2.24, 2.45) is 10.8 Å². The summed E-state index contributed by atoms with van der Waals surface area (Å²) < 4.78 is 0. The third kappa shape index (κ3) is 9.67. The number of hydrogen-bond acceptors (Lipinski definition) is 6. The van der Waals surface area contributed by atoms with Crippen molar-refractivity contribution in [2.75, 3.05) is 32.7 Å². The molecular formula is C23H34N8O2. The van der Waals surface area contributed by atoms with Crippen molar-refractivity contribution < 1.29 is 9.59 Å². The quantitative estimate of drug-likeness (QED) is 0.483. The Morgan fingerprint density at radius 1 is 0.848 bits per heavy atom. The van der Waals surface area contributed by atoms with Crippen LogP contribution in [0.2, 0.25) is 0 Å². The van der Waals surface area contributed by atoms with E-state index in [1.54, 1.807) is 0 Å². The third-order valence-corrected chi connectivity index (χ3v) is 5.75. The van der Waals surface area contributed by atoms with E-state index in [1.807, 2.05) is 24.3 Å². The molecule has 10 nitrogen and oxygen atoms in total. The predicted octanol–water partition coefficient (Wildman–Crippen LogP) is 2.86. The van der Waals surface area contributed by atoms with Crippen LogP contribution in [0.5, 0.6) is 0 Å². The van der Waals surface area contributed by atoms with E-state index in [1.165, 1.54) is 9.80 Å². The average molecular weight is 455 g/mol. The van der Waals surface area contributed by atoms with Gasteiger partial charge in [-0.3, -0.25) is 0 Å². The lowest BCUT2D eigenvalue weighted by atomic mass is 9.62. The minimum absolute atomic E-state index is 0.0764. The van der Waals surface area contributed by atoms with Gasteiger partial charge in [0.15, 0.2) is 0 Å². The normalized spacial score (nSPS) is 20.8. The zero-order valence-electron chi connectivity index (χ0n) is 19.9. The Labute approximate surface area is 196 Å². The molecule has 2 atom stereocenters. The van der Waals surface area contributed by atoms with E-state index >= 15 is 0 Å². The maximum absolute atomic E-state index is 12.8. The summed E-state index contributed by atoms with van der Waals surface area (Å²) in [5, 5.41) is 41.4. The Bertz CT molecular complexity index is 826. The van der Waals surface area contributed by atoms with E-state index in [9.17, 15) is 9.59 Å². The number of nitrogens with one attached hydrogen (secondary N) is 2. The van der Waals surface area contributed by atoms with Gasteiger partial charge < -0.3 is 20.4 Å². The summed E-state index contributed by atoms with van der Waals surface area (Å²) >= 11 is 0. The summed E-state index contributed by atoms with van der Waals surface area (Å²) in [6.45, 7) is 7.35. The Morgan fingerprint density at radius 2 is 1.39 bits per heavy atom. The molecule has 0 spiro atoms. The van der Waals surface area contributed by atoms with Gasteiger partial charge in [-0.15, -0.1) is 0 Å². The first-order chi connectivity index (χ1) is 15.6. The third-order valence-electron chi connectivity index (χ3n) is 5.75. The number of carbonyl (C=O) groups excluding carboxylic acids is 2. The second-order valence-corrected chi connectivity index (χ2v) is 9.66. The Kier molecular flexibility index (Phi) is 11.0. The molecule has 2 N–H and O–H groups in total. The predicted molar refractivity (Wildman–Crippen MR) is 121 cm³/mol. The molecule has 178 valence electrons. The van der Waals surface area contributed by atoms with Crippen LogP contribution in [0, 0.1) is 56.2 Å². The van der Waals surface area contributed by atoms with Gasteiger partial charge in [-0.1, -0.05) is 20.8 Å². The van der Waals surface area contributed by atoms with Gasteiger partial charge in [-0.25, -0.2) is 9.59 Å². The summed E-state index contributed by atoms with van der Waals surface area (Å²) in [4.78, 5) is 28.2. The molecule has 0 aliphatic heterocycles. The van der Waals surface area contributed by atoms with Crippen molar-refractivity contribution in [1.29, 1.82) is 21.0 Å². The molecule has 1 fully saturated rings. The van der Waals surface area contributed by atoms with Crippen molar-refractivity contribution in [3.63, 3.8) is 0 Å². The van der Waals surface area contributed by atoms with E-state index in [0.717, 1.165) is 12.8 Å². The lowest BCUT2D eigenvalue weighted by molar-refractivity contribution is 0.0711. The van der Waals surface area contributed by atoms with Gasteiger partial charge in [0.05, 0.1) is 43.5 Å². The number of carbonyl (C=O) groups is 2. The van der Waals surface area contributed by atoms with Gasteiger partial charge in [0.25, 0.3) is 0 Å². The van der Waals surface area contributed by atoms with Crippen molar-refractivity contribution in [3.8, 4) is 24.3 Å². The average Bonchev–Trinajstić information content (AvgIpc) is 2.73. The molecule has 2 unspecified atom stereocenters. The SMILES string of the molecule is CC1(C)CC(NC(=O)N(CCC#N)CCC#N)CC(C)(CNC(=O)N(CC#N)CCC#N)C1. The topological polar surface area (TPSA) is 160 Å². The monoisotopic (exact) mass is 454 g/mol. The van der Waals surface area contributed by atoms with E-state index in [0.29, 0.717) is 13.0 Å². The highest BCUT2D eigenvalue weighted by atomic mass is 16.2. The van der Waals surface area contributed by atoms with Crippen LogP contribution in [0.1, 0.15) is 59.3 Å². The fourth-order valence-corrected chi connectivity index (χ4v) is 4.74. The van der Waals surface area contributed by atoms with Crippen molar-refractivity contribution in [1.82, 2.24) is 20.4 Å². The van der Waals surface area contributed by atoms with E-state index in [2.05, 4.69) is 31.4 Å². The fraction of sp³-hybridized carbons (Fsp3) is 0.739. The Morgan fingerprint density at radius 3 is 1.91 bits per heavy atom. The van der Waals surface area contributed by atoms with Gasteiger partial charge in [-0.2, -0.15) is 21.0 Å². The lowest BCUT2D eigenvalue weighted by Gasteiger charge is -2.47. The number of urea groups is 2. The molecule has 0 aromatic carbocycles.